The molecule has 8 nitrogen and oxygen atoms in total. The molecule has 10 heteroatoms. The smallest absolute Gasteiger partial charge is 0.320 e. The number of nitrogens with zero attached hydrogens (tertiary/aromatic N) is 1. The lowest BCUT2D eigenvalue weighted by Gasteiger charge is -2.17. The fourth-order valence-electron chi connectivity index (χ4n) is 3.79. The van der Waals surface area contributed by atoms with Crippen molar-refractivity contribution in [2.45, 2.75) is 32.7 Å². The Balaban J connectivity index is 1.70. The minimum Gasteiger partial charge on any atom is -0.493 e. The van der Waals surface area contributed by atoms with E-state index in [1.807, 2.05) is 13.8 Å². The van der Waals surface area contributed by atoms with E-state index in [0.717, 1.165) is 28.8 Å². The van der Waals surface area contributed by atoms with Gasteiger partial charge in [-0.15, -0.1) is 0 Å². The third-order valence-corrected chi connectivity index (χ3v) is 5.63. The number of aliphatic carboxylic acids is 1. The minimum atomic E-state index is -0.912. The molecule has 1 heterocycles. The van der Waals surface area contributed by atoms with Crippen molar-refractivity contribution in [3.63, 3.8) is 0 Å². The van der Waals surface area contributed by atoms with Crippen molar-refractivity contribution in [1.29, 1.82) is 0 Å². The highest BCUT2D eigenvalue weighted by Gasteiger charge is 2.20. The van der Waals surface area contributed by atoms with Gasteiger partial charge in [-0.1, -0.05) is 13.8 Å². The first kappa shape index (κ1) is 27.5. The van der Waals surface area contributed by atoms with Crippen molar-refractivity contribution in [3.8, 4) is 11.4 Å². The molecule has 0 amide bonds. The lowest BCUT2D eigenvalue weighted by atomic mass is 10.0. The van der Waals surface area contributed by atoms with Gasteiger partial charge in [0.05, 0.1) is 17.9 Å². The number of ether oxygens (including phenoxy) is 1. The SMILES string of the molecule is CC(C)C[C@@H](NCCCOc1ccc(-n2c(N)c(C(=O)c3ccc(F)cc3)ccc2=O)c(F)c1)C(=O)O. The number of nitrogen functional groups attached to an aromatic ring is 1. The number of carbonyl (C=O) groups is 2. The van der Waals surface area contributed by atoms with E-state index in [1.165, 1.54) is 30.3 Å². The number of halogens is 2. The van der Waals surface area contributed by atoms with Crippen LogP contribution < -0.4 is 21.3 Å². The summed E-state index contributed by atoms with van der Waals surface area (Å²) in [7, 11) is 0. The van der Waals surface area contributed by atoms with E-state index in [9.17, 15) is 28.3 Å². The van der Waals surface area contributed by atoms with Crippen LogP contribution in [0.4, 0.5) is 14.6 Å². The van der Waals surface area contributed by atoms with Gasteiger partial charge in [0, 0.05) is 17.7 Å². The first-order chi connectivity index (χ1) is 17.6. The molecule has 0 aliphatic carbocycles. The zero-order valence-electron chi connectivity index (χ0n) is 20.5. The van der Waals surface area contributed by atoms with Crippen LogP contribution in [0.1, 0.15) is 42.6 Å². The van der Waals surface area contributed by atoms with Crippen molar-refractivity contribution in [2.75, 3.05) is 18.9 Å². The van der Waals surface area contributed by atoms with Crippen LogP contribution >= 0.6 is 0 Å². The number of hydrogen-bond acceptors (Lipinski definition) is 6. The summed E-state index contributed by atoms with van der Waals surface area (Å²) in [5.41, 5.74) is 5.43. The molecule has 3 rings (SSSR count). The Morgan fingerprint density at radius 2 is 1.78 bits per heavy atom. The van der Waals surface area contributed by atoms with Crippen LogP contribution in [0.2, 0.25) is 0 Å². The van der Waals surface area contributed by atoms with E-state index in [2.05, 4.69) is 5.32 Å². The lowest BCUT2D eigenvalue weighted by Crippen LogP contribution is -2.38. The van der Waals surface area contributed by atoms with Crippen LogP contribution in [0.5, 0.6) is 5.75 Å². The largest absolute Gasteiger partial charge is 0.493 e. The van der Waals surface area contributed by atoms with Gasteiger partial charge in [0.15, 0.2) is 11.6 Å². The van der Waals surface area contributed by atoms with E-state index < -0.39 is 35.0 Å². The number of benzene rings is 2. The van der Waals surface area contributed by atoms with Crippen molar-refractivity contribution in [3.05, 3.63) is 87.7 Å². The molecule has 0 fully saturated rings. The van der Waals surface area contributed by atoms with Crippen LogP contribution in [-0.2, 0) is 4.79 Å². The summed E-state index contributed by atoms with van der Waals surface area (Å²) < 4.78 is 34.6. The molecule has 0 radical (unpaired) electrons. The zero-order chi connectivity index (χ0) is 27.1. The number of ketones is 1. The Morgan fingerprint density at radius 3 is 2.41 bits per heavy atom. The molecule has 1 aromatic heterocycles. The Bertz CT molecular complexity index is 1320. The third-order valence-electron chi connectivity index (χ3n) is 5.63. The summed E-state index contributed by atoms with van der Waals surface area (Å²) >= 11 is 0. The predicted octanol–water partition coefficient (Wildman–Crippen LogP) is 3.79. The highest BCUT2D eigenvalue weighted by Crippen LogP contribution is 2.24. The van der Waals surface area contributed by atoms with Crippen molar-refractivity contribution in [1.82, 2.24) is 9.88 Å². The van der Waals surface area contributed by atoms with Gasteiger partial charge < -0.3 is 20.9 Å². The van der Waals surface area contributed by atoms with E-state index in [4.69, 9.17) is 10.5 Å². The first-order valence-corrected chi connectivity index (χ1v) is 11.8. The Morgan fingerprint density at radius 1 is 1.08 bits per heavy atom. The normalized spacial score (nSPS) is 11.9. The average molecular weight is 514 g/mol. The molecule has 0 bridgehead atoms. The highest BCUT2D eigenvalue weighted by molar-refractivity contribution is 6.11. The number of carboxylic acids is 1. The second-order valence-electron chi connectivity index (χ2n) is 8.93. The van der Waals surface area contributed by atoms with Crippen molar-refractivity contribution < 1.29 is 28.2 Å². The zero-order valence-corrected chi connectivity index (χ0v) is 20.5. The van der Waals surface area contributed by atoms with Crippen LogP contribution in [-0.4, -0.2) is 40.6 Å². The maximum Gasteiger partial charge on any atom is 0.320 e. The summed E-state index contributed by atoms with van der Waals surface area (Å²) in [6.07, 6.45) is 0.993. The number of aromatic nitrogens is 1. The number of carbonyl (C=O) groups excluding carboxylic acids is 1. The summed E-state index contributed by atoms with van der Waals surface area (Å²) in [4.78, 5) is 36.7. The summed E-state index contributed by atoms with van der Waals surface area (Å²) in [6.45, 7) is 4.51. The quantitative estimate of drug-likeness (QED) is 0.249. The van der Waals surface area contributed by atoms with Crippen LogP contribution in [0.25, 0.3) is 5.69 Å². The molecule has 0 saturated heterocycles. The number of anilines is 1. The van der Waals surface area contributed by atoms with Crippen molar-refractivity contribution in [2.24, 2.45) is 5.92 Å². The molecule has 0 aliphatic heterocycles. The maximum absolute atomic E-state index is 15.0. The number of carboxylic acid groups (broad SMARTS) is 1. The van der Waals surface area contributed by atoms with E-state index in [-0.39, 0.29) is 40.9 Å². The Hall–Kier alpha value is -4.05. The molecule has 4 N–H and O–H groups in total. The summed E-state index contributed by atoms with van der Waals surface area (Å²) in [5.74, 6) is -2.57. The fraction of sp³-hybridized carbons (Fsp3) is 0.296. The molecule has 0 spiro atoms. The van der Waals surface area contributed by atoms with Gasteiger partial charge >= 0.3 is 5.97 Å². The number of hydrogen-bond donors (Lipinski definition) is 3. The molecule has 3 aromatic rings. The van der Waals surface area contributed by atoms with Gasteiger partial charge in [0.25, 0.3) is 5.56 Å². The second-order valence-corrected chi connectivity index (χ2v) is 8.93. The Labute approximate surface area is 212 Å². The highest BCUT2D eigenvalue weighted by atomic mass is 19.1. The van der Waals surface area contributed by atoms with Gasteiger partial charge in [0.1, 0.15) is 23.4 Å². The van der Waals surface area contributed by atoms with Gasteiger partial charge in [0.2, 0.25) is 0 Å². The van der Waals surface area contributed by atoms with Crippen LogP contribution in [0.3, 0.4) is 0 Å². The molecule has 1 atom stereocenters. The molecule has 0 saturated carbocycles. The number of rotatable bonds is 12. The average Bonchev–Trinajstić information content (AvgIpc) is 2.84. The van der Waals surface area contributed by atoms with Gasteiger partial charge in [-0.3, -0.25) is 19.0 Å². The minimum absolute atomic E-state index is 0.0319. The summed E-state index contributed by atoms with van der Waals surface area (Å²) in [6, 6.07) is 10.4. The van der Waals surface area contributed by atoms with Crippen molar-refractivity contribution >= 4 is 17.6 Å². The molecule has 0 aliphatic rings. The van der Waals surface area contributed by atoms with E-state index >= 15 is 0 Å². The van der Waals surface area contributed by atoms with E-state index in [0.29, 0.717) is 19.4 Å². The fourth-order valence-corrected chi connectivity index (χ4v) is 3.79. The molecule has 2 aromatic carbocycles. The molecular weight excluding hydrogens is 484 g/mol. The Kier molecular flexibility index (Phi) is 9.13. The molecule has 37 heavy (non-hydrogen) atoms. The molecule has 196 valence electrons. The molecule has 0 unspecified atom stereocenters. The summed E-state index contributed by atoms with van der Waals surface area (Å²) in [5, 5.41) is 12.2. The van der Waals surface area contributed by atoms with E-state index in [1.54, 1.807) is 0 Å². The van der Waals surface area contributed by atoms with Crippen LogP contribution in [0.15, 0.2) is 59.4 Å². The van der Waals surface area contributed by atoms with Gasteiger partial charge in [-0.2, -0.15) is 0 Å². The maximum atomic E-state index is 15.0. The lowest BCUT2D eigenvalue weighted by molar-refractivity contribution is -0.139. The van der Waals surface area contributed by atoms with Gasteiger partial charge in [-0.05, 0) is 67.8 Å². The van der Waals surface area contributed by atoms with Gasteiger partial charge in [-0.25, -0.2) is 8.78 Å². The molecular formula is C27H29F2N3O5. The standard InChI is InChI=1S/C27H29F2N3O5/c1-16(2)14-22(27(35)36)31-12-3-13-37-19-8-10-23(21(29)15-19)32-24(33)11-9-20(26(32)30)25(34)17-4-6-18(28)7-5-17/h4-11,15-16,22,31H,3,12-14,30H2,1-2H3,(H,35,36)/t22-/m1/s1. The third kappa shape index (κ3) is 7.01. The topological polar surface area (TPSA) is 124 Å². The number of pyridine rings is 1. The monoisotopic (exact) mass is 513 g/mol. The second kappa shape index (κ2) is 12.3. The number of nitrogens with one attached hydrogen (secondary N) is 1. The van der Waals surface area contributed by atoms with Crippen LogP contribution in [0, 0.1) is 17.6 Å². The predicted molar refractivity (Wildman–Crippen MR) is 135 cm³/mol. The first-order valence-electron chi connectivity index (χ1n) is 11.8. The number of nitrogens with two attached hydrogens (primary N) is 1.